The van der Waals surface area contributed by atoms with Gasteiger partial charge in [0.25, 0.3) is 11.5 Å². The van der Waals surface area contributed by atoms with Gasteiger partial charge in [-0.3, -0.25) is 14.2 Å². The Labute approximate surface area is 227 Å². The van der Waals surface area contributed by atoms with Crippen LogP contribution in [0.25, 0.3) is 10.9 Å². The molecule has 4 aromatic rings. The Morgan fingerprint density at radius 2 is 1.72 bits per heavy atom. The zero-order valence-corrected chi connectivity index (χ0v) is 22.2. The van der Waals surface area contributed by atoms with Gasteiger partial charge in [-0.25, -0.2) is 4.79 Å². The predicted molar refractivity (Wildman–Crippen MR) is 153 cm³/mol. The number of carbonyl (C=O) groups excluding carboxylic acids is 1. The molecule has 0 bridgehead atoms. The minimum atomic E-state index is -0.517. The molecule has 202 valence electrons. The van der Waals surface area contributed by atoms with Gasteiger partial charge in [0.2, 0.25) is 0 Å². The fraction of sp³-hybridized carbons (Fsp3) is 0.323. The van der Waals surface area contributed by atoms with Crippen molar-refractivity contribution in [3.8, 4) is 5.75 Å². The van der Waals surface area contributed by atoms with E-state index in [1.54, 1.807) is 37.4 Å². The van der Waals surface area contributed by atoms with Crippen LogP contribution in [0.15, 0.2) is 82.4 Å². The number of amides is 1. The maximum atomic E-state index is 13.0. The van der Waals surface area contributed by atoms with Crippen molar-refractivity contribution in [2.45, 2.75) is 25.8 Å². The van der Waals surface area contributed by atoms with Crippen molar-refractivity contribution in [3.05, 3.63) is 110 Å². The number of likely N-dealkylation sites (tertiary alicyclic amines) is 1. The number of ether oxygens (including phenoxy) is 1. The molecule has 0 radical (unpaired) electrons. The molecule has 1 aromatic heterocycles. The molecule has 1 fully saturated rings. The highest BCUT2D eigenvalue weighted by atomic mass is 16.5. The van der Waals surface area contributed by atoms with Gasteiger partial charge in [0.1, 0.15) is 5.75 Å². The molecule has 0 aliphatic carbocycles. The zero-order chi connectivity index (χ0) is 27.2. The molecule has 0 saturated carbocycles. The van der Waals surface area contributed by atoms with Crippen molar-refractivity contribution in [3.63, 3.8) is 0 Å². The minimum Gasteiger partial charge on any atom is -0.497 e. The van der Waals surface area contributed by atoms with Gasteiger partial charge in [0, 0.05) is 18.7 Å². The van der Waals surface area contributed by atoms with Gasteiger partial charge in [-0.05, 0) is 79.7 Å². The molecule has 1 aliphatic rings. The van der Waals surface area contributed by atoms with Gasteiger partial charge in [0.15, 0.2) is 0 Å². The van der Waals surface area contributed by atoms with Crippen molar-refractivity contribution in [2.24, 2.45) is 5.92 Å². The third-order valence-corrected chi connectivity index (χ3v) is 7.53. The number of hydrogen-bond donors (Lipinski definition) is 2. The lowest BCUT2D eigenvalue weighted by atomic mass is 9.90. The van der Waals surface area contributed by atoms with E-state index in [0.717, 1.165) is 49.0 Å². The summed E-state index contributed by atoms with van der Waals surface area (Å²) in [5.74, 6) is 1.19. The molecule has 1 aliphatic heterocycles. The van der Waals surface area contributed by atoms with E-state index < -0.39 is 11.2 Å². The van der Waals surface area contributed by atoms with Gasteiger partial charge in [-0.15, -0.1) is 0 Å². The van der Waals surface area contributed by atoms with Crippen LogP contribution in [0.1, 0.15) is 34.3 Å². The second-order valence-corrected chi connectivity index (χ2v) is 10.2. The third kappa shape index (κ3) is 6.46. The van der Waals surface area contributed by atoms with E-state index in [0.29, 0.717) is 34.7 Å². The first kappa shape index (κ1) is 26.4. The van der Waals surface area contributed by atoms with Crippen molar-refractivity contribution in [1.29, 1.82) is 0 Å². The highest BCUT2D eigenvalue weighted by Gasteiger charge is 2.19. The molecule has 2 heterocycles. The predicted octanol–water partition coefficient (Wildman–Crippen LogP) is 3.43. The molecule has 0 atom stereocenters. The molecular weight excluding hydrogens is 492 g/mol. The van der Waals surface area contributed by atoms with Crippen LogP contribution in [0.5, 0.6) is 5.75 Å². The number of carbonyl (C=O) groups is 1. The van der Waals surface area contributed by atoms with E-state index in [1.807, 2.05) is 12.1 Å². The maximum absolute atomic E-state index is 13.0. The summed E-state index contributed by atoms with van der Waals surface area (Å²) in [6.45, 7) is 3.55. The summed E-state index contributed by atoms with van der Waals surface area (Å²) in [6.07, 6.45) is 3.45. The summed E-state index contributed by atoms with van der Waals surface area (Å²) in [5, 5.41) is 3.34. The Bertz CT molecular complexity index is 1540. The van der Waals surface area contributed by atoms with Crippen LogP contribution < -0.4 is 21.3 Å². The standard InChI is InChI=1S/C31H34N4O4/c1-39-26-10-7-24(8-11-26)21-35-30(37)27-12-9-25(20-28(27)33-31(35)38)29(36)32-15-18-34-16-13-23(14-17-34)19-22-5-3-2-4-6-22/h2-12,20,23H,13-19,21H2,1H3,(H,32,36)(H,33,38). The average molecular weight is 527 g/mol. The summed E-state index contributed by atoms with van der Waals surface area (Å²) >= 11 is 0. The smallest absolute Gasteiger partial charge is 0.329 e. The maximum Gasteiger partial charge on any atom is 0.329 e. The summed E-state index contributed by atoms with van der Waals surface area (Å²) in [5.41, 5.74) is 2.05. The molecule has 1 amide bonds. The number of benzene rings is 3. The Morgan fingerprint density at radius 3 is 2.44 bits per heavy atom. The number of hydrogen-bond acceptors (Lipinski definition) is 5. The lowest BCUT2D eigenvalue weighted by molar-refractivity contribution is 0.0944. The number of methoxy groups -OCH3 is 1. The first-order valence-electron chi connectivity index (χ1n) is 13.4. The normalized spacial score (nSPS) is 14.4. The fourth-order valence-corrected chi connectivity index (χ4v) is 5.24. The molecule has 39 heavy (non-hydrogen) atoms. The van der Waals surface area contributed by atoms with Gasteiger partial charge >= 0.3 is 5.69 Å². The van der Waals surface area contributed by atoms with Gasteiger partial charge in [-0.1, -0.05) is 42.5 Å². The van der Waals surface area contributed by atoms with Crippen LogP contribution in [0, 0.1) is 5.92 Å². The van der Waals surface area contributed by atoms with E-state index in [1.165, 1.54) is 5.56 Å². The van der Waals surface area contributed by atoms with Crippen LogP contribution in [-0.2, 0) is 13.0 Å². The van der Waals surface area contributed by atoms with Crippen LogP contribution in [-0.4, -0.2) is 53.6 Å². The number of nitrogens with zero attached hydrogens (tertiary/aromatic N) is 2. The van der Waals surface area contributed by atoms with E-state index in [9.17, 15) is 14.4 Å². The van der Waals surface area contributed by atoms with Gasteiger partial charge in [0.05, 0.1) is 24.6 Å². The SMILES string of the molecule is COc1ccc(Cn2c(=O)[nH]c3cc(C(=O)NCCN4CCC(Cc5ccccc5)CC4)ccc3c2=O)cc1. The van der Waals surface area contributed by atoms with E-state index >= 15 is 0 Å². The van der Waals surface area contributed by atoms with Crippen LogP contribution in [0.2, 0.25) is 0 Å². The lowest BCUT2D eigenvalue weighted by Gasteiger charge is -2.32. The molecular formula is C31H34N4O4. The molecule has 2 N–H and O–H groups in total. The largest absolute Gasteiger partial charge is 0.497 e. The Kier molecular flexibility index (Phi) is 8.22. The van der Waals surface area contributed by atoms with E-state index in [-0.39, 0.29) is 12.5 Å². The topological polar surface area (TPSA) is 96.4 Å². The van der Waals surface area contributed by atoms with Gasteiger partial charge in [-0.2, -0.15) is 0 Å². The molecule has 5 rings (SSSR count). The summed E-state index contributed by atoms with van der Waals surface area (Å²) in [7, 11) is 1.58. The summed E-state index contributed by atoms with van der Waals surface area (Å²) in [4.78, 5) is 43.7. The van der Waals surface area contributed by atoms with Gasteiger partial charge < -0.3 is 19.9 Å². The Balaban J connectivity index is 1.16. The van der Waals surface area contributed by atoms with Crippen LogP contribution >= 0.6 is 0 Å². The number of aromatic amines is 1. The minimum absolute atomic E-state index is 0.139. The molecule has 0 unspecified atom stereocenters. The first-order valence-corrected chi connectivity index (χ1v) is 13.4. The Morgan fingerprint density at radius 1 is 0.974 bits per heavy atom. The number of piperidine rings is 1. The summed E-state index contributed by atoms with van der Waals surface area (Å²) in [6, 6.07) is 22.6. The molecule has 0 spiro atoms. The first-order chi connectivity index (χ1) is 19.0. The quantitative estimate of drug-likeness (QED) is 0.348. The number of rotatable bonds is 9. The molecule has 1 saturated heterocycles. The van der Waals surface area contributed by atoms with E-state index in [2.05, 4.69) is 45.5 Å². The summed E-state index contributed by atoms with van der Waals surface area (Å²) < 4.78 is 6.32. The highest BCUT2D eigenvalue weighted by Crippen LogP contribution is 2.21. The van der Waals surface area contributed by atoms with E-state index in [4.69, 9.17) is 4.74 Å². The van der Waals surface area contributed by atoms with Crippen LogP contribution in [0.3, 0.4) is 0 Å². The number of aromatic nitrogens is 2. The van der Waals surface area contributed by atoms with Crippen molar-refractivity contribution >= 4 is 16.8 Å². The lowest BCUT2D eigenvalue weighted by Crippen LogP contribution is -2.40. The fourth-order valence-electron chi connectivity index (χ4n) is 5.24. The zero-order valence-electron chi connectivity index (χ0n) is 22.2. The highest BCUT2D eigenvalue weighted by molar-refractivity contribution is 5.97. The molecule has 8 nitrogen and oxygen atoms in total. The molecule has 8 heteroatoms. The number of fused-ring (bicyclic) bond motifs is 1. The van der Waals surface area contributed by atoms with Crippen molar-refractivity contribution < 1.29 is 9.53 Å². The van der Waals surface area contributed by atoms with Crippen LogP contribution in [0.4, 0.5) is 0 Å². The van der Waals surface area contributed by atoms with Crippen molar-refractivity contribution in [1.82, 2.24) is 19.8 Å². The molecule has 3 aromatic carbocycles. The average Bonchev–Trinajstić information content (AvgIpc) is 2.96. The van der Waals surface area contributed by atoms with Crippen molar-refractivity contribution in [2.75, 3.05) is 33.3 Å². The monoisotopic (exact) mass is 526 g/mol. The Hall–Kier alpha value is -4.17. The number of nitrogens with one attached hydrogen (secondary N) is 2. The third-order valence-electron chi connectivity index (χ3n) is 7.53. The number of H-pyrrole nitrogens is 1. The second-order valence-electron chi connectivity index (χ2n) is 10.2. The second kappa shape index (κ2) is 12.1.